The molecule has 0 saturated heterocycles. The van der Waals surface area contributed by atoms with Gasteiger partial charge in [-0.3, -0.25) is 0 Å². The van der Waals surface area contributed by atoms with Crippen molar-refractivity contribution in [3.63, 3.8) is 0 Å². The molecule has 1 aromatic heterocycles. The minimum Gasteiger partial charge on any atom is -0.362 e. The molecule has 0 bridgehead atoms. The highest BCUT2D eigenvalue weighted by Crippen LogP contribution is 2.17. The van der Waals surface area contributed by atoms with E-state index in [1.54, 1.807) is 12.1 Å². The Morgan fingerprint density at radius 1 is 1.22 bits per heavy atom. The van der Waals surface area contributed by atoms with E-state index in [-0.39, 0.29) is 17.6 Å². The maximum Gasteiger partial charge on any atom is 0.158 e. The smallest absolute Gasteiger partial charge is 0.158 e. The highest BCUT2D eigenvalue weighted by molar-refractivity contribution is 5.37. The molecule has 2 aromatic rings. The van der Waals surface area contributed by atoms with Gasteiger partial charge in [0.15, 0.2) is 5.69 Å². The van der Waals surface area contributed by atoms with Gasteiger partial charge in [-0.25, -0.2) is 14.4 Å². The molecule has 0 aliphatic heterocycles. The molecule has 1 N–H and O–H groups in total. The van der Waals surface area contributed by atoms with E-state index in [9.17, 15) is 4.39 Å². The van der Waals surface area contributed by atoms with E-state index in [0.717, 1.165) is 5.56 Å². The Morgan fingerprint density at radius 2 is 1.94 bits per heavy atom. The first-order valence-corrected chi connectivity index (χ1v) is 5.43. The molecule has 1 atom stereocenters. The van der Waals surface area contributed by atoms with Gasteiger partial charge in [0.05, 0.1) is 12.4 Å². The van der Waals surface area contributed by atoms with Crippen molar-refractivity contribution in [2.24, 2.45) is 0 Å². The summed E-state index contributed by atoms with van der Waals surface area (Å²) < 4.78 is 12.8. The fraction of sp³-hybridized carbons (Fsp3) is 0.154. The van der Waals surface area contributed by atoms with E-state index >= 15 is 0 Å². The molecule has 4 nitrogen and oxygen atoms in total. The SMILES string of the molecule is CC(Nc1cnc(C#N)cn1)c1ccc(F)cc1. The predicted octanol–water partition coefficient (Wildman–Crippen LogP) is 2.66. The molecule has 0 aliphatic carbocycles. The topological polar surface area (TPSA) is 61.6 Å². The van der Waals surface area contributed by atoms with Crippen molar-refractivity contribution in [1.29, 1.82) is 5.26 Å². The molecule has 0 spiro atoms. The third kappa shape index (κ3) is 2.80. The number of nitrogens with zero attached hydrogens (tertiary/aromatic N) is 3. The van der Waals surface area contributed by atoms with Crippen LogP contribution >= 0.6 is 0 Å². The van der Waals surface area contributed by atoms with E-state index in [1.807, 2.05) is 13.0 Å². The summed E-state index contributed by atoms with van der Waals surface area (Å²) in [6.45, 7) is 1.94. The normalized spacial score (nSPS) is 11.6. The maximum atomic E-state index is 12.8. The highest BCUT2D eigenvalue weighted by atomic mass is 19.1. The zero-order valence-electron chi connectivity index (χ0n) is 9.76. The van der Waals surface area contributed by atoms with Gasteiger partial charge >= 0.3 is 0 Å². The lowest BCUT2D eigenvalue weighted by atomic mass is 10.1. The number of nitriles is 1. The van der Waals surface area contributed by atoms with Crippen molar-refractivity contribution >= 4 is 5.82 Å². The summed E-state index contributed by atoms with van der Waals surface area (Å²) in [5.41, 5.74) is 1.22. The summed E-state index contributed by atoms with van der Waals surface area (Å²) in [4.78, 5) is 7.97. The molecule has 5 heteroatoms. The van der Waals surface area contributed by atoms with Crippen LogP contribution in [0.5, 0.6) is 0 Å². The third-order valence-electron chi connectivity index (χ3n) is 2.50. The van der Waals surface area contributed by atoms with Crippen molar-refractivity contribution < 1.29 is 4.39 Å². The summed E-state index contributed by atoms with van der Waals surface area (Å²) in [5.74, 6) is 0.315. The molecule has 0 radical (unpaired) electrons. The quantitative estimate of drug-likeness (QED) is 0.898. The van der Waals surface area contributed by atoms with E-state index in [1.165, 1.54) is 24.5 Å². The number of aromatic nitrogens is 2. The first kappa shape index (κ1) is 12.0. The number of halogens is 1. The van der Waals surface area contributed by atoms with Gasteiger partial charge in [0.2, 0.25) is 0 Å². The van der Waals surface area contributed by atoms with Gasteiger partial charge in [-0.1, -0.05) is 12.1 Å². The maximum absolute atomic E-state index is 12.8. The monoisotopic (exact) mass is 242 g/mol. The second kappa shape index (κ2) is 5.23. The van der Waals surface area contributed by atoms with Crippen molar-refractivity contribution in [3.05, 3.63) is 53.7 Å². The minimum absolute atomic E-state index is 0.0205. The molecule has 90 valence electrons. The highest BCUT2D eigenvalue weighted by Gasteiger charge is 2.06. The number of anilines is 1. The van der Waals surface area contributed by atoms with Crippen LogP contribution in [0.4, 0.5) is 10.2 Å². The van der Waals surface area contributed by atoms with Gasteiger partial charge in [0.1, 0.15) is 17.7 Å². The molecular formula is C13H11FN4. The number of benzene rings is 1. The summed E-state index contributed by atoms with van der Waals surface area (Å²) in [7, 11) is 0. The lowest BCUT2D eigenvalue weighted by Gasteiger charge is -2.14. The van der Waals surface area contributed by atoms with Crippen molar-refractivity contribution in [1.82, 2.24) is 9.97 Å². The molecule has 0 aliphatic rings. The Kier molecular flexibility index (Phi) is 3.49. The van der Waals surface area contributed by atoms with E-state index in [4.69, 9.17) is 5.26 Å². The van der Waals surface area contributed by atoms with Crippen LogP contribution in [0.25, 0.3) is 0 Å². The fourth-order valence-electron chi connectivity index (χ4n) is 1.52. The average molecular weight is 242 g/mol. The number of nitrogens with one attached hydrogen (secondary N) is 1. The predicted molar refractivity (Wildman–Crippen MR) is 65.2 cm³/mol. The first-order chi connectivity index (χ1) is 8.69. The summed E-state index contributed by atoms with van der Waals surface area (Å²) in [5, 5.41) is 11.7. The zero-order valence-corrected chi connectivity index (χ0v) is 9.76. The van der Waals surface area contributed by atoms with Gasteiger partial charge in [-0.2, -0.15) is 5.26 Å². The van der Waals surface area contributed by atoms with Gasteiger partial charge in [-0.15, -0.1) is 0 Å². The summed E-state index contributed by atoms with van der Waals surface area (Å²) in [6.07, 6.45) is 2.90. The van der Waals surface area contributed by atoms with E-state index < -0.39 is 0 Å². The molecular weight excluding hydrogens is 231 g/mol. The van der Waals surface area contributed by atoms with Crippen LogP contribution in [0.2, 0.25) is 0 Å². The van der Waals surface area contributed by atoms with Crippen LogP contribution in [0.3, 0.4) is 0 Å². The summed E-state index contributed by atoms with van der Waals surface area (Å²) in [6, 6.07) is 8.14. The Balaban J connectivity index is 2.08. The van der Waals surface area contributed by atoms with Crippen molar-refractivity contribution in [2.75, 3.05) is 5.32 Å². The van der Waals surface area contributed by atoms with Gasteiger partial charge in [0, 0.05) is 6.04 Å². The largest absolute Gasteiger partial charge is 0.362 e. The third-order valence-corrected chi connectivity index (χ3v) is 2.50. The van der Waals surface area contributed by atoms with Crippen LogP contribution in [-0.4, -0.2) is 9.97 Å². The lowest BCUT2D eigenvalue weighted by Crippen LogP contribution is -2.08. The van der Waals surface area contributed by atoms with Crippen LogP contribution in [-0.2, 0) is 0 Å². The molecule has 18 heavy (non-hydrogen) atoms. The standard InChI is InChI=1S/C13H11FN4/c1-9(10-2-4-11(14)5-3-10)18-13-8-16-12(6-15)7-17-13/h2-5,7-9H,1H3,(H,17,18). The Bertz CT molecular complexity index is 557. The Morgan fingerprint density at radius 3 is 2.50 bits per heavy atom. The van der Waals surface area contributed by atoms with Crippen LogP contribution in [0.1, 0.15) is 24.2 Å². The van der Waals surface area contributed by atoms with Gasteiger partial charge in [0.25, 0.3) is 0 Å². The second-order valence-electron chi connectivity index (χ2n) is 3.82. The molecule has 0 saturated carbocycles. The lowest BCUT2D eigenvalue weighted by molar-refractivity contribution is 0.626. The molecule has 0 fully saturated rings. The average Bonchev–Trinajstić information content (AvgIpc) is 2.40. The van der Waals surface area contributed by atoms with Crippen molar-refractivity contribution in [2.45, 2.75) is 13.0 Å². The zero-order chi connectivity index (χ0) is 13.0. The minimum atomic E-state index is -0.260. The van der Waals surface area contributed by atoms with Gasteiger partial charge < -0.3 is 5.32 Å². The molecule has 0 amide bonds. The summed E-state index contributed by atoms with van der Waals surface area (Å²) >= 11 is 0. The van der Waals surface area contributed by atoms with Crippen LogP contribution in [0.15, 0.2) is 36.7 Å². The molecule has 1 heterocycles. The fourth-order valence-corrected chi connectivity index (χ4v) is 1.52. The van der Waals surface area contributed by atoms with Crippen LogP contribution in [0, 0.1) is 17.1 Å². The molecule has 2 rings (SSSR count). The molecule has 1 aromatic carbocycles. The van der Waals surface area contributed by atoms with Crippen molar-refractivity contribution in [3.8, 4) is 6.07 Å². The van der Waals surface area contributed by atoms with E-state index in [2.05, 4.69) is 15.3 Å². The number of hydrogen-bond donors (Lipinski definition) is 1. The Labute approximate surface area is 104 Å². The first-order valence-electron chi connectivity index (χ1n) is 5.43. The number of rotatable bonds is 3. The van der Waals surface area contributed by atoms with E-state index in [0.29, 0.717) is 5.82 Å². The Hall–Kier alpha value is -2.48. The number of hydrogen-bond acceptors (Lipinski definition) is 4. The second-order valence-corrected chi connectivity index (χ2v) is 3.82. The van der Waals surface area contributed by atoms with Crippen LogP contribution < -0.4 is 5.32 Å². The van der Waals surface area contributed by atoms with Gasteiger partial charge in [-0.05, 0) is 24.6 Å². The molecule has 1 unspecified atom stereocenters.